The number of nitrogens with one attached hydrogen (secondary N) is 1. The summed E-state index contributed by atoms with van der Waals surface area (Å²) in [4.78, 5) is 13.6. The van der Waals surface area contributed by atoms with Gasteiger partial charge in [0.1, 0.15) is 16.5 Å². The Balaban J connectivity index is 1.87. The summed E-state index contributed by atoms with van der Waals surface area (Å²) in [6.07, 6.45) is 0.595. The van der Waals surface area contributed by atoms with Crippen LogP contribution < -0.4 is 9.62 Å². The quantitative estimate of drug-likeness (QED) is 0.863. The number of carbonyl (C=O) groups excluding carboxylic acids is 1. The van der Waals surface area contributed by atoms with Crippen molar-refractivity contribution in [2.24, 2.45) is 5.41 Å². The summed E-state index contributed by atoms with van der Waals surface area (Å²) < 4.78 is 53.9. The van der Waals surface area contributed by atoms with Gasteiger partial charge in [-0.15, -0.1) is 0 Å². The van der Waals surface area contributed by atoms with Gasteiger partial charge in [0.15, 0.2) is 0 Å². The number of amides is 1. The van der Waals surface area contributed by atoms with Crippen molar-refractivity contribution < 1.29 is 22.0 Å². The molecular weight excluding hydrogens is 374 g/mol. The van der Waals surface area contributed by atoms with Crippen LogP contribution in [-0.4, -0.2) is 20.9 Å². The van der Waals surface area contributed by atoms with Crippen LogP contribution in [0.15, 0.2) is 41.3 Å². The largest absolute Gasteiger partial charge is 0.311 e. The van der Waals surface area contributed by atoms with Crippen molar-refractivity contribution >= 4 is 27.3 Å². The van der Waals surface area contributed by atoms with Gasteiger partial charge in [-0.05, 0) is 42.3 Å². The van der Waals surface area contributed by atoms with Gasteiger partial charge in [0.05, 0.1) is 0 Å². The van der Waals surface area contributed by atoms with Crippen molar-refractivity contribution in [1.29, 1.82) is 0 Å². The van der Waals surface area contributed by atoms with Crippen molar-refractivity contribution in [2.45, 2.75) is 32.1 Å². The van der Waals surface area contributed by atoms with Crippen LogP contribution in [0.3, 0.4) is 0 Å². The summed E-state index contributed by atoms with van der Waals surface area (Å²) in [6.45, 7) is 6.04. The van der Waals surface area contributed by atoms with Gasteiger partial charge in [-0.3, -0.25) is 9.52 Å². The normalized spacial score (nSPS) is 14.2. The second-order valence-corrected chi connectivity index (χ2v) is 9.13. The van der Waals surface area contributed by atoms with Crippen molar-refractivity contribution in [3.63, 3.8) is 0 Å². The molecule has 2 aromatic rings. The molecule has 1 amide bonds. The Morgan fingerprint density at radius 3 is 2.44 bits per heavy atom. The molecule has 0 unspecified atom stereocenters. The zero-order chi connectivity index (χ0) is 20.0. The lowest BCUT2D eigenvalue weighted by Gasteiger charge is -2.26. The summed E-state index contributed by atoms with van der Waals surface area (Å²) in [5.41, 5.74) is 1.29. The van der Waals surface area contributed by atoms with Gasteiger partial charge in [-0.2, -0.15) is 0 Å². The third-order valence-electron chi connectivity index (χ3n) is 4.30. The number of sulfonamides is 1. The van der Waals surface area contributed by atoms with Crippen LogP contribution >= 0.6 is 0 Å². The average molecular weight is 394 g/mol. The molecular formula is C19H20F2N2O3S. The molecule has 5 nitrogen and oxygen atoms in total. The lowest BCUT2D eigenvalue weighted by Crippen LogP contribution is -2.38. The highest BCUT2D eigenvalue weighted by Gasteiger charge is 2.32. The number of hydrogen-bond acceptors (Lipinski definition) is 3. The number of anilines is 2. The SMILES string of the molecule is CC(C)(C)C(=O)N1CCc2cc(NS(=O)(=O)c3ccc(F)cc3F)ccc21. The molecule has 0 aromatic heterocycles. The molecule has 0 atom stereocenters. The minimum Gasteiger partial charge on any atom is -0.311 e. The zero-order valence-electron chi connectivity index (χ0n) is 15.2. The van der Waals surface area contributed by atoms with E-state index in [-0.39, 0.29) is 11.6 Å². The Kier molecular flexibility index (Phi) is 4.71. The van der Waals surface area contributed by atoms with E-state index in [1.807, 2.05) is 20.8 Å². The van der Waals surface area contributed by atoms with Crippen molar-refractivity contribution in [2.75, 3.05) is 16.2 Å². The topological polar surface area (TPSA) is 66.5 Å². The highest BCUT2D eigenvalue weighted by atomic mass is 32.2. The highest BCUT2D eigenvalue weighted by molar-refractivity contribution is 7.92. The standard InChI is InChI=1S/C19H20F2N2O3S/c1-19(2,3)18(24)23-9-8-12-10-14(5-6-16(12)23)22-27(25,26)17-7-4-13(20)11-15(17)21/h4-7,10-11,22H,8-9H2,1-3H3. The van der Waals surface area contributed by atoms with E-state index in [0.717, 1.165) is 23.4 Å². The maximum absolute atomic E-state index is 13.8. The molecule has 0 saturated carbocycles. The predicted molar refractivity (Wildman–Crippen MR) is 99.1 cm³/mol. The Bertz CT molecular complexity index is 1010. The van der Waals surface area contributed by atoms with Gasteiger partial charge in [0, 0.05) is 29.4 Å². The Morgan fingerprint density at radius 1 is 1.11 bits per heavy atom. The summed E-state index contributed by atoms with van der Waals surface area (Å²) in [6, 6.07) is 7.11. The number of fused-ring (bicyclic) bond motifs is 1. The Morgan fingerprint density at radius 2 is 1.81 bits per heavy atom. The number of nitrogens with zero attached hydrogens (tertiary/aromatic N) is 1. The van der Waals surface area contributed by atoms with E-state index in [2.05, 4.69) is 4.72 Å². The van der Waals surface area contributed by atoms with E-state index < -0.39 is 32.0 Å². The molecule has 0 aliphatic carbocycles. The third kappa shape index (κ3) is 3.80. The molecule has 8 heteroatoms. The fourth-order valence-corrected chi connectivity index (χ4v) is 4.09. The summed E-state index contributed by atoms with van der Waals surface area (Å²) in [5.74, 6) is -2.03. The fourth-order valence-electron chi connectivity index (χ4n) is 2.98. The van der Waals surface area contributed by atoms with E-state index in [9.17, 15) is 22.0 Å². The monoisotopic (exact) mass is 394 g/mol. The van der Waals surface area contributed by atoms with E-state index in [1.54, 1.807) is 17.0 Å². The Labute approximate surface area is 157 Å². The molecule has 2 aromatic carbocycles. The maximum atomic E-state index is 13.8. The lowest BCUT2D eigenvalue weighted by atomic mass is 9.94. The van der Waals surface area contributed by atoms with Gasteiger partial charge >= 0.3 is 0 Å². The molecule has 0 bridgehead atoms. The minimum absolute atomic E-state index is 0.0111. The van der Waals surface area contributed by atoms with Crippen molar-refractivity contribution in [3.8, 4) is 0 Å². The van der Waals surface area contributed by atoms with Crippen LogP contribution in [0.1, 0.15) is 26.3 Å². The molecule has 0 saturated heterocycles. The van der Waals surface area contributed by atoms with E-state index in [1.165, 1.54) is 6.07 Å². The molecule has 3 rings (SSSR count). The smallest absolute Gasteiger partial charge is 0.264 e. The van der Waals surface area contributed by atoms with Crippen LogP contribution in [0, 0.1) is 17.0 Å². The summed E-state index contributed by atoms with van der Waals surface area (Å²) in [7, 11) is -4.20. The van der Waals surface area contributed by atoms with Crippen LogP contribution in [0.25, 0.3) is 0 Å². The fraction of sp³-hybridized carbons (Fsp3) is 0.316. The zero-order valence-corrected chi connectivity index (χ0v) is 16.0. The van der Waals surface area contributed by atoms with Crippen LogP contribution in [-0.2, 0) is 21.2 Å². The van der Waals surface area contributed by atoms with Gasteiger partial charge in [-0.1, -0.05) is 20.8 Å². The molecule has 1 aliphatic rings. The molecule has 0 radical (unpaired) electrons. The molecule has 0 spiro atoms. The summed E-state index contributed by atoms with van der Waals surface area (Å²) >= 11 is 0. The molecule has 144 valence electrons. The van der Waals surface area contributed by atoms with Crippen molar-refractivity contribution in [3.05, 3.63) is 53.6 Å². The predicted octanol–water partition coefficient (Wildman–Crippen LogP) is 3.70. The van der Waals surface area contributed by atoms with E-state index >= 15 is 0 Å². The first-order chi connectivity index (χ1) is 12.5. The number of rotatable bonds is 3. The molecule has 0 fully saturated rings. The third-order valence-corrected chi connectivity index (χ3v) is 5.71. The first-order valence-corrected chi connectivity index (χ1v) is 9.90. The maximum Gasteiger partial charge on any atom is 0.264 e. The van der Waals surface area contributed by atoms with Gasteiger partial charge in [0.2, 0.25) is 5.91 Å². The minimum atomic E-state index is -4.20. The lowest BCUT2D eigenvalue weighted by molar-refractivity contribution is -0.125. The summed E-state index contributed by atoms with van der Waals surface area (Å²) in [5, 5.41) is 0. The average Bonchev–Trinajstić information content (AvgIpc) is 2.95. The van der Waals surface area contributed by atoms with Crippen LogP contribution in [0.4, 0.5) is 20.2 Å². The van der Waals surface area contributed by atoms with Gasteiger partial charge < -0.3 is 4.90 Å². The van der Waals surface area contributed by atoms with Crippen LogP contribution in [0.2, 0.25) is 0 Å². The molecule has 1 N–H and O–H groups in total. The number of halogens is 2. The molecule has 27 heavy (non-hydrogen) atoms. The van der Waals surface area contributed by atoms with E-state index in [4.69, 9.17) is 0 Å². The first kappa shape index (κ1) is 19.3. The second kappa shape index (κ2) is 6.60. The van der Waals surface area contributed by atoms with E-state index in [0.29, 0.717) is 19.0 Å². The molecule has 1 aliphatic heterocycles. The first-order valence-electron chi connectivity index (χ1n) is 8.42. The number of benzene rings is 2. The Hall–Kier alpha value is -2.48. The highest BCUT2D eigenvalue weighted by Crippen LogP contribution is 2.34. The van der Waals surface area contributed by atoms with Gasteiger partial charge in [-0.25, -0.2) is 17.2 Å². The molecule has 1 heterocycles. The number of hydrogen-bond donors (Lipinski definition) is 1. The van der Waals surface area contributed by atoms with Crippen molar-refractivity contribution in [1.82, 2.24) is 0 Å². The number of carbonyl (C=O) groups is 1. The van der Waals surface area contributed by atoms with Crippen LogP contribution in [0.5, 0.6) is 0 Å². The second-order valence-electron chi connectivity index (χ2n) is 7.48. The van der Waals surface area contributed by atoms with Gasteiger partial charge in [0.25, 0.3) is 10.0 Å².